The molecule has 0 bridgehead atoms. The monoisotopic (exact) mass is 425 g/mol. The fourth-order valence-corrected chi connectivity index (χ4v) is 5.23. The summed E-state index contributed by atoms with van der Waals surface area (Å²) in [6.45, 7) is 5.14. The standard InChI is InChI=1S/C25H35N3O3/c1-18(2)23(29)28-14-12-25(13-15-28,24(30)26-20-10-6-7-11-20)17-21-16-22(27-31-21)19-8-4-3-5-9-19/h3-5,8-9,18,20-21H,6-7,10-17H2,1-2H3,(H,26,30)/t21-/m0/s1. The number of carbonyl (C=O) groups excluding carboxylic acids is 2. The number of amides is 2. The Bertz CT molecular complexity index is 807. The van der Waals surface area contributed by atoms with Gasteiger partial charge in [-0.25, -0.2) is 0 Å². The highest BCUT2D eigenvalue weighted by molar-refractivity contribution is 6.01. The average Bonchev–Trinajstić information content (AvgIpc) is 3.46. The van der Waals surface area contributed by atoms with Crippen molar-refractivity contribution in [3.05, 3.63) is 35.9 Å². The second kappa shape index (κ2) is 9.41. The Morgan fingerprint density at radius 3 is 2.48 bits per heavy atom. The summed E-state index contributed by atoms with van der Waals surface area (Å²) in [5.41, 5.74) is 1.53. The largest absolute Gasteiger partial charge is 0.392 e. The molecule has 1 N–H and O–H groups in total. The van der Waals surface area contributed by atoms with E-state index in [2.05, 4.69) is 10.5 Å². The minimum Gasteiger partial charge on any atom is -0.392 e. The summed E-state index contributed by atoms with van der Waals surface area (Å²) in [5, 5.41) is 7.67. The number of benzene rings is 1. The van der Waals surface area contributed by atoms with Gasteiger partial charge in [-0.05, 0) is 31.2 Å². The van der Waals surface area contributed by atoms with E-state index in [4.69, 9.17) is 4.84 Å². The molecule has 6 nitrogen and oxygen atoms in total. The summed E-state index contributed by atoms with van der Waals surface area (Å²) in [5.74, 6) is 0.309. The Morgan fingerprint density at radius 2 is 1.84 bits per heavy atom. The second-order valence-electron chi connectivity index (χ2n) is 9.75. The molecule has 6 heteroatoms. The number of oxime groups is 1. The van der Waals surface area contributed by atoms with Gasteiger partial charge in [-0.15, -0.1) is 0 Å². The third kappa shape index (κ3) is 4.94. The lowest BCUT2D eigenvalue weighted by atomic mass is 9.72. The Kier molecular flexibility index (Phi) is 6.63. The van der Waals surface area contributed by atoms with E-state index in [0.717, 1.165) is 30.5 Å². The summed E-state index contributed by atoms with van der Waals surface area (Å²) >= 11 is 0. The molecule has 1 aromatic carbocycles. The summed E-state index contributed by atoms with van der Waals surface area (Å²) < 4.78 is 0. The van der Waals surface area contributed by atoms with Crippen LogP contribution in [0.4, 0.5) is 0 Å². The molecule has 2 aliphatic heterocycles. The van der Waals surface area contributed by atoms with Crippen molar-refractivity contribution in [3.8, 4) is 0 Å². The van der Waals surface area contributed by atoms with Gasteiger partial charge in [-0.1, -0.05) is 62.2 Å². The van der Waals surface area contributed by atoms with Crippen LogP contribution in [-0.2, 0) is 14.4 Å². The number of rotatable bonds is 6. The molecule has 2 heterocycles. The number of nitrogens with one attached hydrogen (secondary N) is 1. The molecule has 2 amide bonds. The minimum absolute atomic E-state index is 0.0141. The molecular weight excluding hydrogens is 390 g/mol. The van der Waals surface area contributed by atoms with Crippen molar-refractivity contribution in [1.29, 1.82) is 0 Å². The molecule has 4 rings (SSSR count). The Morgan fingerprint density at radius 1 is 1.16 bits per heavy atom. The van der Waals surface area contributed by atoms with Crippen LogP contribution in [0.2, 0.25) is 0 Å². The number of hydrogen-bond donors (Lipinski definition) is 1. The normalized spacial score (nSPS) is 23.5. The van der Waals surface area contributed by atoms with Crippen molar-refractivity contribution in [2.75, 3.05) is 13.1 Å². The fourth-order valence-electron chi connectivity index (χ4n) is 5.23. The zero-order valence-electron chi connectivity index (χ0n) is 18.8. The van der Waals surface area contributed by atoms with E-state index in [1.807, 2.05) is 49.1 Å². The maximum Gasteiger partial charge on any atom is 0.226 e. The topological polar surface area (TPSA) is 71.0 Å². The van der Waals surface area contributed by atoms with Crippen molar-refractivity contribution < 1.29 is 14.4 Å². The van der Waals surface area contributed by atoms with Crippen LogP contribution in [0.5, 0.6) is 0 Å². The molecule has 1 atom stereocenters. The predicted molar refractivity (Wildman–Crippen MR) is 121 cm³/mol. The van der Waals surface area contributed by atoms with Gasteiger partial charge in [0, 0.05) is 37.9 Å². The molecule has 31 heavy (non-hydrogen) atoms. The average molecular weight is 426 g/mol. The number of likely N-dealkylation sites (tertiary alicyclic amines) is 1. The summed E-state index contributed by atoms with van der Waals surface area (Å²) in [4.78, 5) is 33.7. The van der Waals surface area contributed by atoms with E-state index in [9.17, 15) is 9.59 Å². The highest BCUT2D eigenvalue weighted by Gasteiger charge is 2.46. The van der Waals surface area contributed by atoms with Gasteiger partial charge in [0.1, 0.15) is 6.10 Å². The van der Waals surface area contributed by atoms with Crippen molar-refractivity contribution >= 4 is 17.5 Å². The summed E-state index contributed by atoms with van der Waals surface area (Å²) in [7, 11) is 0. The fraction of sp³-hybridized carbons (Fsp3) is 0.640. The number of hydrogen-bond acceptors (Lipinski definition) is 4. The highest BCUT2D eigenvalue weighted by Crippen LogP contribution is 2.40. The quantitative estimate of drug-likeness (QED) is 0.752. The smallest absolute Gasteiger partial charge is 0.226 e. The summed E-state index contributed by atoms with van der Waals surface area (Å²) in [6, 6.07) is 10.4. The molecule has 1 saturated carbocycles. The molecule has 0 radical (unpaired) electrons. The van der Waals surface area contributed by atoms with Gasteiger partial charge >= 0.3 is 0 Å². The molecule has 0 unspecified atom stereocenters. The number of piperidine rings is 1. The lowest BCUT2D eigenvalue weighted by molar-refractivity contribution is -0.144. The third-order valence-corrected chi connectivity index (χ3v) is 7.16. The van der Waals surface area contributed by atoms with E-state index in [-0.39, 0.29) is 23.8 Å². The first kappa shape index (κ1) is 21.8. The lowest BCUT2D eigenvalue weighted by Crippen LogP contribution is -2.53. The first-order chi connectivity index (χ1) is 15.0. The van der Waals surface area contributed by atoms with E-state index in [1.165, 1.54) is 12.8 Å². The zero-order chi connectivity index (χ0) is 21.8. The van der Waals surface area contributed by atoms with Gasteiger partial charge in [-0.2, -0.15) is 0 Å². The van der Waals surface area contributed by atoms with E-state index in [1.54, 1.807) is 0 Å². The number of nitrogens with zero attached hydrogens (tertiary/aromatic N) is 2. The first-order valence-corrected chi connectivity index (χ1v) is 11.8. The van der Waals surface area contributed by atoms with Crippen molar-refractivity contribution in [1.82, 2.24) is 10.2 Å². The predicted octanol–water partition coefficient (Wildman–Crippen LogP) is 3.89. The molecule has 168 valence electrons. The van der Waals surface area contributed by atoms with Crippen LogP contribution in [0.3, 0.4) is 0 Å². The Balaban J connectivity index is 1.44. The van der Waals surface area contributed by atoms with Gasteiger partial charge in [0.2, 0.25) is 11.8 Å². The molecule has 3 aliphatic rings. The molecule has 0 aromatic heterocycles. The first-order valence-electron chi connectivity index (χ1n) is 11.8. The number of carbonyl (C=O) groups is 2. The van der Waals surface area contributed by atoms with Crippen LogP contribution in [-0.4, -0.2) is 47.7 Å². The van der Waals surface area contributed by atoms with E-state index >= 15 is 0 Å². The van der Waals surface area contributed by atoms with Crippen LogP contribution < -0.4 is 5.32 Å². The van der Waals surface area contributed by atoms with Gasteiger partial charge < -0.3 is 15.1 Å². The summed E-state index contributed by atoms with van der Waals surface area (Å²) in [6.07, 6.45) is 7.16. The molecule has 1 aliphatic carbocycles. The maximum atomic E-state index is 13.5. The van der Waals surface area contributed by atoms with Crippen LogP contribution in [0.25, 0.3) is 0 Å². The zero-order valence-corrected chi connectivity index (χ0v) is 18.8. The maximum absolute atomic E-state index is 13.5. The minimum atomic E-state index is -0.497. The molecule has 1 saturated heterocycles. The third-order valence-electron chi connectivity index (χ3n) is 7.16. The highest BCUT2D eigenvalue weighted by atomic mass is 16.6. The van der Waals surface area contributed by atoms with E-state index < -0.39 is 5.41 Å². The van der Waals surface area contributed by atoms with Gasteiger partial charge in [0.15, 0.2) is 0 Å². The van der Waals surface area contributed by atoms with Gasteiger partial charge in [0.05, 0.1) is 11.1 Å². The van der Waals surface area contributed by atoms with Crippen LogP contribution in [0.15, 0.2) is 35.5 Å². The van der Waals surface area contributed by atoms with Crippen molar-refractivity contribution in [3.63, 3.8) is 0 Å². The molecule has 0 spiro atoms. The van der Waals surface area contributed by atoms with E-state index in [0.29, 0.717) is 38.4 Å². The molecule has 1 aromatic rings. The molecule has 2 fully saturated rings. The van der Waals surface area contributed by atoms with Crippen LogP contribution in [0.1, 0.15) is 70.8 Å². The van der Waals surface area contributed by atoms with Crippen molar-refractivity contribution in [2.24, 2.45) is 16.5 Å². The lowest BCUT2D eigenvalue weighted by Gasteiger charge is -2.42. The van der Waals surface area contributed by atoms with Crippen molar-refractivity contribution in [2.45, 2.75) is 77.4 Å². The van der Waals surface area contributed by atoms with Gasteiger partial charge in [-0.3, -0.25) is 9.59 Å². The van der Waals surface area contributed by atoms with Gasteiger partial charge in [0.25, 0.3) is 0 Å². The Hall–Kier alpha value is -2.37. The second-order valence-corrected chi connectivity index (χ2v) is 9.75. The Labute approximate surface area is 185 Å². The van der Waals surface area contributed by atoms with Crippen LogP contribution in [0, 0.1) is 11.3 Å². The van der Waals surface area contributed by atoms with Crippen LogP contribution >= 0.6 is 0 Å². The molecular formula is C25H35N3O3. The SMILES string of the molecule is CC(C)C(=O)N1CCC(C[C@@H]2CC(c3ccccc3)=NO2)(C(=O)NC2CCCC2)CC1.